The third-order valence-electron chi connectivity index (χ3n) is 2.95. The Morgan fingerprint density at radius 2 is 2.15 bits per heavy atom. The molecular formula is C12H13NO7. The van der Waals surface area contributed by atoms with E-state index in [-0.39, 0.29) is 30.2 Å². The maximum atomic E-state index is 11.8. The fourth-order valence-corrected chi connectivity index (χ4v) is 1.96. The first-order chi connectivity index (χ1) is 9.49. The van der Waals surface area contributed by atoms with Gasteiger partial charge in [-0.05, 0) is 0 Å². The van der Waals surface area contributed by atoms with Crippen molar-refractivity contribution in [1.82, 2.24) is 0 Å². The molecule has 0 radical (unpaired) electrons. The third-order valence-corrected chi connectivity index (χ3v) is 2.95. The molecule has 8 nitrogen and oxygen atoms in total. The number of hydrogen-bond donors (Lipinski definition) is 1. The van der Waals surface area contributed by atoms with Crippen molar-refractivity contribution in [2.24, 2.45) is 0 Å². The predicted molar refractivity (Wildman–Crippen MR) is 65.8 cm³/mol. The lowest BCUT2D eigenvalue weighted by molar-refractivity contribution is -0.124. The van der Waals surface area contributed by atoms with Crippen LogP contribution in [0.4, 0.5) is 5.69 Å². The molecule has 1 unspecified atom stereocenters. The van der Waals surface area contributed by atoms with Crippen LogP contribution < -0.4 is 15.3 Å². The Bertz CT molecular complexity index is 606. The highest BCUT2D eigenvalue weighted by Gasteiger charge is 2.34. The summed E-state index contributed by atoms with van der Waals surface area (Å²) in [5, 5.41) is 9.46. The van der Waals surface area contributed by atoms with Gasteiger partial charge in [-0.25, -0.2) is 9.59 Å². The van der Waals surface area contributed by atoms with E-state index < -0.39 is 23.6 Å². The van der Waals surface area contributed by atoms with Gasteiger partial charge in [-0.2, -0.15) is 0 Å². The molecular weight excluding hydrogens is 270 g/mol. The number of rotatable bonds is 3. The van der Waals surface area contributed by atoms with Gasteiger partial charge in [0.05, 0.1) is 19.9 Å². The van der Waals surface area contributed by atoms with Crippen LogP contribution in [-0.4, -0.2) is 43.9 Å². The number of nitrogens with zero attached hydrogens (tertiary/aromatic N) is 1. The standard InChI is InChI=1S/C12H13NO7/c1-18-9-6(13-4-3-7(14)10(13)15)5-8(11(16)19-2)20-12(9)17/h5,7,14H,3-4H2,1-2H3. The Kier molecular flexibility index (Phi) is 3.75. The number of esters is 1. The topological polar surface area (TPSA) is 106 Å². The second-order valence-corrected chi connectivity index (χ2v) is 4.10. The van der Waals surface area contributed by atoms with Crippen LogP contribution in [-0.2, 0) is 9.53 Å². The number of anilines is 1. The van der Waals surface area contributed by atoms with E-state index >= 15 is 0 Å². The molecule has 1 saturated heterocycles. The molecule has 8 heteroatoms. The summed E-state index contributed by atoms with van der Waals surface area (Å²) >= 11 is 0. The molecule has 108 valence electrons. The molecule has 20 heavy (non-hydrogen) atoms. The SMILES string of the molecule is COC(=O)c1cc(N2CCC(O)C2=O)c(OC)c(=O)o1. The van der Waals surface area contributed by atoms with Crippen LogP contribution in [0.25, 0.3) is 0 Å². The molecule has 1 atom stereocenters. The van der Waals surface area contributed by atoms with E-state index in [1.54, 1.807) is 0 Å². The average molecular weight is 283 g/mol. The van der Waals surface area contributed by atoms with Crippen LogP contribution in [0.5, 0.6) is 5.75 Å². The van der Waals surface area contributed by atoms with Crippen LogP contribution in [0.3, 0.4) is 0 Å². The van der Waals surface area contributed by atoms with E-state index in [2.05, 4.69) is 4.74 Å². The minimum absolute atomic E-state index is 0.0747. The van der Waals surface area contributed by atoms with Crippen molar-refractivity contribution in [3.8, 4) is 5.75 Å². The highest BCUT2D eigenvalue weighted by atomic mass is 16.5. The summed E-state index contributed by atoms with van der Waals surface area (Å²) in [5.41, 5.74) is -0.828. The molecule has 1 aliphatic heterocycles. The van der Waals surface area contributed by atoms with E-state index in [0.29, 0.717) is 0 Å². The van der Waals surface area contributed by atoms with Crippen molar-refractivity contribution in [1.29, 1.82) is 0 Å². The summed E-state index contributed by atoms with van der Waals surface area (Å²) in [5.74, 6) is -1.97. The molecule has 1 fully saturated rings. The van der Waals surface area contributed by atoms with Crippen molar-refractivity contribution >= 4 is 17.6 Å². The van der Waals surface area contributed by atoms with Crippen LogP contribution in [0.2, 0.25) is 0 Å². The van der Waals surface area contributed by atoms with Gasteiger partial charge in [0.15, 0.2) is 0 Å². The van der Waals surface area contributed by atoms with Gasteiger partial charge in [-0.1, -0.05) is 0 Å². The average Bonchev–Trinajstić information content (AvgIpc) is 2.77. The summed E-state index contributed by atoms with van der Waals surface area (Å²) in [6.07, 6.45) is -0.899. The monoisotopic (exact) mass is 283 g/mol. The van der Waals surface area contributed by atoms with E-state index in [4.69, 9.17) is 9.15 Å². The number of carbonyl (C=O) groups is 2. The first-order valence-corrected chi connectivity index (χ1v) is 5.79. The summed E-state index contributed by atoms with van der Waals surface area (Å²) < 4.78 is 14.1. The maximum Gasteiger partial charge on any atom is 0.381 e. The van der Waals surface area contributed by atoms with Gasteiger partial charge in [0, 0.05) is 19.0 Å². The van der Waals surface area contributed by atoms with Gasteiger partial charge in [0.25, 0.3) is 5.91 Å². The minimum atomic E-state index is -1.13. The fourth-order valence-electron chi connectivity index (χ4n) is 1.96. The lowest BCUT2D eigenvalue weighted by atomic mass is 10.3. The van der Waals surface area contributed by atoms with Crippen molar-refractivity contribution < 1.29 is 28.6 Å². The van der Waals surface area contributed by atoms with Crippen molar-refractivity contribution in [3.63, 3.8) is 0 Å². The molecule has 0 aliphatic carbocycles. The molecule has 1 aromatic rings. The number of methoxy groups -OCH3 is 2. The second kappa shape index (κ2) is 5.33. The normalized spacial score (nSPS) is 18.2. The molecule has 0 bridgehead atoms. The van der Waals surface area contributed by atoms with Gasteiger partial charge in [0.2, 0.25) is 11.5 Å². The van der Waals surface area contributed by atoms with E-state index in [1.165, 1.54) is 18.1 Å². The molecule has 2 rings (SSSR count). The second-order valence-electron chi connectivity index (χ2n) is 4.10. The highest BCUT2D eigenvalue weighted by molar-refractivity contribution is 6.00. The summed E-state index contributed by atoms with van der Waals surface area (Å²) in [6.45, 7) is 0.209. The van der Waals surface area contributed by atoms with Gasteiger partial charge in [-0.3, -0.25) is 4.79 Å². The Balaban J connectivity index is 2.55. The Labute approximate surface area is 113 Å². The number of aliphatic hydroxyl groups is 1. The molecule has 2 heterocycles. The number of ether oxygens (including phenoxy) is 2. The zero-order valence-corrected chi connectivity index (χ0v) is 10.9. The zero-order chi connectivity index (χ0) is 14.9. The zero-order valence-electron chi connectivity index (χ0n) is 10.9. The number of hydrogen-bond acceptors (Lipinski definition) is 7. The van der Waals surface area contributed by atoms with Gasteiger partial charge in [-0.15, -0.1) is 0 Å². The summed E-state index contributed by atoms with van der Waals surface area (Å²) in [6, 6.07) is 1.18. The number of aliphatic hydroxyl groups excluding tert-OH is 1. The molecule has 1 aromatic heterocycles. The predicted octanol–water partition coefficient (Wildman–Crippen LogP) is -0.467. The van der Waals surface area contributed by atoms with Crippen molar-refractivity contribution in [2.75, 3.05) is 25.7 Å². The fraction of sp³-hybridized carbons (Fsp3) is 0.417. The van der Waals surface area contributed by atoms with Crippen LogP contribution in [0.15, 0.2) is 15.3 Å². The lowest BCUT2D eigenvalue weighted by Gasteiger charge is -2.18. The van der Waals surface area contributed by atoms with Crippen LogP contribution in [0.1, 0.15) is 17.0 Å². The van der Waals surface area contributed by atoms with Gasteiger partial charge >= 0.3 is 11.6 Å². The molecule has 1 N–H and O–H groups in total. The van der Waals surface area contributed by atoms with Crippen molar-refractivity contribution in [2.45, 2.75) is 12.5 Å². The molecule has 1 amide bonds. The number of carbonyl (C=O) groups excluding carboxylic acids is 2. The van der Waals surface area contributed by atoms with Gasteiger partial charge in [0.1, 0.15) is 6.10 Å². The molecule has 0 aromatic carbocycles. The first-order valence-electron chi connectivity index (χ1n) is 5.79. The maximum absolute atomic E-state index is 11.8. The molecule has 1 aliphatic rings. The Hall–Kier alpha value is -2.35. The molecule has 0 spiro atoms. The Morgan fingerprint density at radius 3 is 2.65 bits per heavy atom. The largest absolute Gasteiger partial charge is 0.488 e. The summed E-state index contributed by atoms with van der Waals surface area (Å²) in [7, 11) is 2.38. The smallest absolute Gasteiger partial charge is 0.381 e. The molecule has 0 saturated carbocycles. The van der Waals surface area contributed by atoms with E-state index in [1.807, 2.05) is 0 Å². The summed E-state index contributed by atoms with van der Waals surface area (Å²) in [4.78, 5) is 36.2. The lowest BCUT2D eigenvalue weighted by Crippen LogP contribution is -2.30. The highest BCUT2D eigenvalue weighted by Crippen LogP contribution is 2.29. The Morgan fingerprint density at radius 1 is 1.45 bits per heavy atom. The first kappa shape index (κ1) is 14.1. The minimum Gasteiger partial charge on any atom is -0.488 e. The third kappa shape index (κ3) is 2.25. The quantitative estimate of drug-likeness (QED) is 0.747. The van der Waals surface area contributed by atoms with E-state index in [0.717, 1.165) is 7.11 Å². The van der Waals surface area contributed by atoms with Gasteiger partial charge < -0.3 is 23.9 Å². The van der Waals surface area contributed by atoms with Crippen molar-refractivity contribution in [3.05, 3.63) is 22.2 Å². The van der Waals surface area contributed by atoms with Crippen LogP contribution in [0, 0.1) is 0 Å². The van der Waals surface area contributed by atoms with Crippen LogP contribution >= 0.6 is 0 Å². The number of amides is 1. The van der Waals surface area contributed by atoms with E-state index in [9.17, 15) is 19.5 Å².